The highest BCUT2D eigenvalue weighted by Gasteiger charge is 2.21. The SMILES string of the molecule is CC(C)(C)C(=O)Nc1ccc(C(=O)Nc2ccc(Cl)cc2)cc1. The first-order valence-electron chi connectivity index (χ1n) is 7.24. The molecule has 0 saturated heterocycles. The molecule has 0 atom stereocenters. The fraction of sp³-hybridized carbons (Fsp3) is 0.222. The Morgan fingerprint density at radius 2 is 1.30 bits per heavy atom. The molecule has 4 nitrogen and oxygen atoms in total. The predicted molar refractivity (Wildman–Crippen MR) is 93.9 cm³/mol. The maximum atomic E-state index is 12.2. The molecule has 0 saturated carbocycles. The number of rotatable bonds is 3. The van der Waals surface area contributed by atoms with Crippen LogP contribution in [0.25, 0.3) is 0 Å². The number of hydrogen-bond donors (Lipinski definition) is 2. The van der Waals surface area contributed by atoms with Gasteiger partial charge >= 0.3 is 0 Å². The summed E-state index contributed by atoms with van der Waals surface area (Å²) in [5.74, 6) is -0.295. The fourth-order valence-electron chi connectivity index (χ4n) is 1.76. The number of carbonyl (C=O) groups excluding carboxylic acids is 2. The van der Waals surface area contributed by atoms with Crippen LogP contribution in [0.3, 0.4) is 0 Å². The van der Waals surface area contributed by atoms with Crippen molar-refractivity contribution in [2.24, 2.45) is 5.41 Å². The second kappa shape index (κ2) is 6.84. The maximum Gasteiger partial charge on any atom is 0.255 e. The smallest absolute Gasteiger partial charge is 0.255 e. The molecule has 0 aromatic heterocycles. The molecule has 120 valence electrons. The second-order valence-corrected chi connectivity index (χ2v) is 6.68. The number of benzene rings is 2. The third kappa shape index (κ3) is 4.83. The minimum atomic E-state index is -0.468. The molecule has 0 bridgehead atoms. The Labute approximate surface area is 140 Å². The van der Waals surface area contributed by atoms with Crippen LogP contribution in [-0.4, -0.2) is 11.8 Å². The molecule has 0 radical (unpaired) electrons. The summed E-state index contributed by atoms with van der Waals surface area (Å²) in [7, 11) is 0. The van der Waals surface area contributed by atoms with Gasteiger partial charge in [-0.1, -0.05) is 32.4 Å². The van der Waals surface area contributed by atoms with Crippen LogP contribution in [0.2, 0.25) is 5.02 Å². The Kier molecular flexibility index (Phi) is 5.06. The average molecular weight is 331 g/mol. The number of hydrogen-bond acceptors (Lipinski definition) is 2. The molecule has 0 spiro atoms. The molecule has 0 aliphatic rings. The van der Waals surface area contributed by atoms with Crippen LogP contribution in [0.5, 0.6) is 0 Å². The van der Waals surface area contributed by atoms with Crippen molar-refractivity contribution in [1.29, 1.82) is 0 Å². The lowest BCUT2D eigenvalue weighted by atomic mass is 9.95. The van der Waals surface area contributed by atoms with Gasteiger partial charge in [0.15, 0.2) is 0 Å². The van der Waals surface area contributed by atoms with Crippen molar-refractivity contribution in [1.82, 2.24) is 0 Å². The summed E-state index contributed by atoms with van der Waals surface area (Å²) in [5.41, 5.74) is 1.37. The standard InChI is InChI=1S/C18H19ClN2O2/c1-18(2,3)17(23)21-15-8-4-12(5-9-15)16(22)20-14-10-6-13(19)7-11-14/h4-11H,1-3H3,(H,20,22)(H,21,23). The van der Waals surface area contributed by atoms with Gasteiger partial charge in [-0.25, -0.2) is 0 Å². The van der Waals surface area contributed by atoms with E-state index < -0.39 is 5.41 Å². The zero-order valence-electron chi connectivity index (χ0n) is 13.3. The van der Waals surface area contributed by atoms with E-state index in [2.05, 4.69) is 10.6 Å². The van der Waals surface area contributed by atoms with Gasteiger partial charge in [-0.05, 0) is 48.5 Å². The molecule has 0 fully saturated rings. The van der Waals surface area contributed by atoms with Gasteiger partial charge in [-0.15, -0.1) is 0 Å². The lowest BCUT2D eigenvalue weighted by Crippen LogP contribution is -2.27. The van der Waals surface area contributed by atoms with E-state index in [0.717, 1.165) is 0 Å². The van der Waals surface area contributed by atoms with Crippen molar-refractivity contribution >= 4 is 34.8 Å². The highest BCUT2D eigenvalue weighted by Crippen LogP contribution is 2.19. The van der Waals surface area contributed by atoms with Gasteiger partial charge in [0.05, 0.1) is 0 Å². The van der Waals surface area contributed by atoms with Gasteiger partial charge in [0.2, 0.25) is 5.91 Å². The van der Waals surface area contributed by atoms with Crippen molar-refractivity contribution in [3.63, 3.8) is 0 Å². The van der Waals surface area contributed by atoms with Gasteiger partial charge in [0.25, 0.3) is 5.91 Å². The Morgan fingerprint density at radius 3 is 1.83 bits per heavy atom. The Bertz CT molecular complexity index is 701. The van der Waals surface area contributed by atoms with Gasteiger partial charge in [-0.2, -0.15) is 0 Å². The third-order valence-corrected chi connectivity index (χ3v) is 3.44. The van der Waals surface area contributed by atoms with E-state index in [-0.39, 0.29) is 11.8 Å². The zero-order chi connectivity index (χ0) is 17.0. The van der Waals surface area contributed by atoms with Crippen molar-refractivity contribution < 1.29 is 9.59 Å². The molecule has 0 unspecified atom stereocenters. The molecule has 2 amide bonds. The first-order valence-corrected chi connectivity index (χ1v) is 7.62. The molecule has 2 aromatic rings. The maximum absolute atomic E-state index is 12.2. The van der Waals surface area contributed by atoms with Gasteiger partial charge in [-0.3, -0.25) is 9.59 Å². The van der Waals surface area contributed by atoms with Crippen molar-refractivity contribution in [3.8, 4) is 0 Å². The molecule has 5 heteroatoms. The van der Waals surface area contributed by atoms with Gasteiger partial charge < -0.3 is 10.6 Å². The van der Waals surface area contributed by atoms with Crippen molar-refractivity contribution in [3.05, 3.63) is 59.1 Å². The largest absolute Gasteiger partial charge is 0.326 e. The van der Waals surface area contributed by atoms with Gasteiger partial charge in [0.1, 0.15) is 0 Å². The number of anilines is 2. The summed E-state index contributed by atoms with van der Waals surface area (Å²) in [6.07, 6.45) is 0. The molecule has 0 aliphatic carbocycles. The molecule has 2 aromatic carbocycles. The molecule has 0 aliphatic heterocycles. The van der Waals surface area contributed by atoms with Crippen LogP contribution in [0.1, 0.15) is 31.1 Å². The third-order valence-electron chi connectivity index (χ3n) is 3.19. The van der Waals surface area contributed by atoms with Crippen LogP contribution in [-0.2, 0) is 4.79 Å². The first-order chi connectivity index (χ1) is 10.8. The van der Waals surface area contributed by atoms with Crippen molar-refractivity contribution in [2.45, 2.75) is 20.8 Å². The number of nitrogens with one attached hydrogen (secondary N) is 2. The van der Waals surface area contributed by atoms with E-state index in [0.29, 0.717) is 22.0 Å². The summed E-state index contributed by atoms with van der Waals surface area (Å²) in [6, 6.07) is 13.6. The normalized spacial score (nSPS) is 11.0. The summed E-state index contributed by atoms with van der Waals surface area (Å²) >= 11 is 5.81. The summed E-state index contributed by atoms with van der Waals surface area (Å²) in [6.45, 7) is 5.53. The molecule has 0 heterocycles. The lowest BCUT2D eigenvalue weighted by Gasteiger charge is -2.17. The van der Waals surface area contributed by atoms with E-state index in [4.69, 9.17) is 11.6 Å². The lowest BCUT2D eigenvalue weighted by molar-refractivity contribution is -0.123. The average Bonchev–Trinajstić information content (AvgIpc) is 2.49. The quantitative estimate of drug-likeness (QED) is 0.865. The van der Waals surface area contributed by atoms with E-state index in [1.807, 2.05) is 20.8 Å². The second-order valence-electron chi connectivity index (χ2n) is 6.24. The summed E-state index contributed by atoms with van der Waals surface area (Å²) in [4.78, 5) is 24.1. The zero-order valence-corrected chi connectivity index (χ0v) is 14.1. The van der Waals surface area contributed by atoms with E-state index in [1.54, 1.807) is 48.5 Å². The van der Waals surface area contributed by atoms with Crippen LogP contribution >= 0.6 is 11.6 Å². The minimum Gasteiger partial charge on any atom is -0.326 e. The minimum absolute atomic E-state index is 0.0733. The fourth-order valence-corrected chi connectivity index (χ4v) is 1.89. The number of amides is 2. The van der Waals surface area contributed by atoms with Crippen LogP contribution in [0.15, 0.2) is 48.5 Å². The Balaban J connectivity index is 2.02. The first kappa shape index (κ1) is 17.0. The van der Waals surface area contributed by atoms with E-state index in [9.17, 15) is 9.59 Å². The molecular weight excluding hydrogens is 312 g/mol. The Morgan fingerprint density at radius 1 is 0.826 bits per heavy atom. The molecule has 23 heavy (non-hydrogen) atoms. The summed E-state index contributed by atoms with van der Waals surface area (Å²) in [5, 5.41) is 6.22. The van der Waals surface area contributed by atoms with E-state index in [1.165, 1.54) is 0 Å². The molecule has 2 rings (SSSR count). The summed E-state index contributed by atoms with van der Waals surface area (Å²) < 4.78 is 0. The monoisotopic (exact) mass is 330 g/mol. The molecular formula is C18H19ClN2O2. The number of halogens is 1. The van der Waals surface area contributed by atoms with Crippen LogP contribution < -0.4 is 10.6 Å². The van der Waals surface area contributed by atoms with Crippen molar-refractivity contribution in [2.75, 3.05) is 10.6 Å². The molecule has 2 N–H and O–H groups in total. The highest BCUT2D eigenvalue weighted by molar-refractivity contribution is 6.30. The predicted octanol–water partition coefficient (Wildman–Crippen LogP) is 4.58. The van der Waals surface area contributed by atoms with Gasteiger partial charge in [0, 0.05) is 27.4 Å². The van der Waals surface area contributed by atoms with Crippen LogP contribution in [0.4, 0.5) is 11.4 Å². The topological polar surface area (TPSA) is 58.2 Å². The van der Waals surface area contributed by atoms with Crippen LogP contribution in [0, 0.1) is 5.41 Å². The van der Waals surface area contributed by atoms with E-state index >= 15 is 0 Å². The highest BCUT2D eigenvalue weighted by atomic mass is 35.5. The Hall–Kier alpha value is -2.33. The number of carbonyl (C=O) groups is 2.